The molecule has 0 aliphatic heterocycles. The van der Waals surface area contributed by atoms with E-state index in [1.165, 1.54) is 18.2 Å². The SMILES string of the molecule is C=CCOc1cc(F)c(-c2cc(Cl)[c]cc2Cl)c(F)c1. The lowest BCUT2D eigenvalue weighted by atomic mass is 10.0. The molecule has 5 heteroatoms. The highest BCUT2D eigenvalue weighted by atomic mass is 35.5. The Labute approximate surface area is 125 Å². The van der Waals surface area contributed by atoms with Crippen molar-refractivity contribution in [1.29, 1.82) is 0 Å². The van der Waals surface area contributed by atoms with E-state index >= 15 is 0 Å². The summed E-state index contributed by atoms with van der Waals surface area (Å²) < 4.78 is 33.3. The van der Waals surface area contributed by atoms with Crippen LogP contribution in [0.25, 0.3) is 11.1 Å². The summed E-state index contributed by atoms with van der Waals surface area (Å²) in [6.07, 6.45) is 1.48. The fraction of sp³-hybridized carbons (Fsp3) is 0.0667. The van der Waals surface area contributed by atoms with Gasteiger partial charge in [0, 0.05) is 33.8 Å². The van der Waals surface area contributed by atoms with Crippen LogP contribution in [-0.2, 0) is 0 Å². The van der Waals surface area contributed by atoms with Crippen molar-refractivity contribution in [3.05, 3.63) is 64.7 Å². The van der Waals surface area contributed by atoms with Crippen LogP contribution in [0.3, 0.4) is 0 Å². The molecule has 0 atom stereocenters. The van der Waals surface area contributed by atoms with Gasteiger partial charge in [-0.3, -0.25) is 0 Å². The first-order valence-corrected chi connectivity index (χ1v) is 6.38. The number of halogens is 4. The first-order chi connectivity index (χ1) is 9.52. The van der Waals surface area contributed by atoms with E-state index in [-0.39, 0.29) is 33.5 Å². The van der Waals surface area contributed by atoms with E-state index in [4.69, 9.17) is 27.9 Å². The molecule has 2 rings (SSSR count). The lowest BCUT2D eigenvalue weighted by Gasteiger charge is -2.10. The second kappa shape index (κ2) is 6.25. The van der Waals surface area contributed by atoms with Crippen molar-refractivity contribution in [2.24, 2.45) is 0 Å². The molecule has 20 heavy (non-hydrogen) atoms. The Kier molecular flexibility index (Phi) is 4.63. The molecule has 1 radical (unpaired) electrons. The predicted molar refractivity (Wildman–Crippen MR) is 76.3 cm³/mol. The average molecular weight is 314 g/mol. The van der Waals surface area contributed by atoms with E-state index in [9.17, 15) is 8.78 Å². The van der Waals surface area contributed by atoms with Gasteiger partial charge in [0.2, 0.25) is 0 Å². The van der Waals surface area contributed by atoms with Gasteiger partial charge in [0.15, 0.2) is 0 Å². The fourth-order valence-corrected chi connectivity index (χ4v) is 2.05. The molecule has 103 valence electrons. The highest BCUT2D eigenvalue weighted by Gasteiger charge is 2.17. The molecule has 2 aromatic rings. The van der Waals surface area contributed by atoms with Crippen LogP contribution in [0.1, 0.15) is 0 Å². The maximum atomic E-state index is 14.1. The second-order valence-electron chi connectivity index (χ2n) is 3.90. The molecule has 0 saturated heterocycles. The van der Waals surface area contributed by atoms with Gasteiger partial charge in [-0.2, -0.15) is 0 Å². The molecule has 0 amide bonds. The van der Waals surface area contributed by atoms with Crippen LogP contribution in [0.4, 0.5) is 8.78 Å². The normalized spacial score (nSPS) is 10.4. The molecule has 0 N–H and O–H groups in total. The van der Waals surface area contributed by atoms with E-state index in [1.54, 1.807) is 0 Å². The molecule has 0 bridgehead atoms. The molecule has 0 saturated carbocycles. The van der Waals surface area contributed by atoms with Crippen molar-refractivity contribution in [3.8, 4) is 16.9 Å². The predicted octanol–water partition coefficient (Wildman–Crippen LogP) is 5.30. The first-order valence-electron chi connectivity index (χ1n) is 5.62. The molecule has 0 aliphatic rings. The third-order valence-electron chi connectivity index (χ3n) is 2.52. The van der Waals surface area contributed by atoms with E-state index in [0.29, 0.717) is 0 Å². The Morgan fingerprint density at radius 3 is 2.45 bits per heavy atom. The second-order valence-corrected chi connectivity index (χ2v) is 4.72. The Morgan fingerprint density at radius 2 is 1.85 bits per heavy atom. The maximum absolute atomic E-state index is 14.1. The third kappa shape index (κ3) is 3.11. The van der Waals surface area contributed by atoms with Crippen LogP contribution in [-0.4, -0.2) is 6.61 Å². The minimum Gasteiger partial charge on any atom is -0.489 e. The summed E-state index contributed by atoms with van der Waals surface area (Å²) in [6, 6.07) is 7.53. The van der Waals surface area contributed by atoms with Gasteiger partial charge in [-0.05, 0) is 12.1 Å². The minimum absolute atomic E-state index is 0.0772. The number of hydrogen-bond donors (Lipinski definition) is 0. The van der Waals surface area contributed by atoms with Gasteiger partial charge in [-0.15, -0.1) is 0 Å². The van der Waals surface area contributed by atoms with Gasteiger partial charge in [0.1, 0.15) is 24.0 Å². The lowest BCUT2D eigenvalue weighted by Crippen LogP contribution is -1.97. The molecular formula is C15H9Cl2F2O. The maximum Gasteiger partial charge on any atom is 0.137 e. The Hall–Kier alpha value is -1.58. The van der Waals surface area contributed by atoms with Gasteiger partial charge >= 0.3 is 0 Å². The Balaban J connectivity index is 2.52. The smallest absolute Gasteiger partial charge is 0.137 e. The Bertz CT molecular complexity index is 633. The van der Waals surface area contributed by atoms with Crippen molar-refractivity contribution in [1.82, 2.24) is 0 Å². The molecular weight excluding hydrogens is 305 g/mol. The van der Waals surface area contributed by atoms with Gasteiger partial charge in [0.25, 0.3) is 0 Å². The first kappa shape index (κ1) is 14.8. The van der Waals surface area contributed by atoms with Gasteiger partial charge in [-0.1, -0.05) is 35.9 Å². The van der Waals surface area contributed by atoms with Crippen molar-refractivity contribution >= 4 is 23.2 Å². The van der Waals surface area contributed by atoms with Crippen molar-refractivity contribution < 1.29 is 13.5 Å². The zero-order valence-electron chi connectivity index (χ0n) is 10.2. The van der Waals surface area contributed by atoms with Crippen LogP contribution in [0.5, 0.6) is 5.75 Å². The van der Waals surface area contributed by atoms with Crippen LogP contribution in [0, 0.1) is 17.7 Å². The van der Waals surface area contributed by atoms with Crippen LogP contribution in [0.2, 0.25) is 10.0 Å². The molecule has 0 unspecified atom stereocenters. The lowest BCUT2D eigenvalue weighted by molar-refractivity contribution is 0.358. The van der Waals surface area contributed by atoms with Crippen molar-refractivity contribution in [3.63, 3.8) is 0 Å². The highest BCUT2D eigenvalue weighted by Crippen LogP contribution is 2.35. The zero-order chi connectivity index (χ0) is 14.7. The summed E-state index contributed by atoms with van der Waals surface area (Å²) in [6.45, 7) is 3.62. The topological polar surface area (TPSA) is 9.23 Å². The quantitative estimate of drug-likeness (QED) is 0.696. The molecule has 0 heterocycles. The summed E-state index contributed by atoms with van der Waals surface area (Å²) in [4.78, 5) is 0. The fourth-order valence-electron chi connectivity index (χ4n) is 1.68. The number of rotatable bonds is 4. The average Bonchev–Trinajstić information content (AvgIpc) is 2.39. The van der Waals surface area contributed by atoms with Crippen LogP contribution in [0.15, 0.2) is 36.9 Å². The summed E-state index contributed by atoms with van der Waals surface area (Å²) in [5, 5.41) is 0.377. The number of benzene rings is 2. The monoisotopic (exact) mass is 313 g/mol. The summed E-state index contributed by atoms with van der Waals surface area (Å²) in [5.41, 5.74) is -0.0856. The minimum atomic E-state index is -0.784. The van der Waals surface area contributed by atoms with Crippen LogP contribution < -0.4 is 4.74 Å². The Morgan fingerprint density at radius 1 is 1.20 bits per heavy atom. The largest absolute Gasteiger partial charge is 0.489 e. The number of hydrogen-bond acceptors (Lipinski definition) is 1. The van der Waals surface area contributed by atoms with Crippen molar-refractivity contribution in [2.45, 2.75) is 0 Å². The number of ether oxygens (including phenoxy) is 1. The van der Waals surface area contributed by atoms with E-state index in [2.05, 4.69) is 12.6 Å². The van der Waals surface area contributed by atoms with E-state index < -0.39 is 11.6 Å². The molecule has 2 aromatic carbocycles. The molecule has 0 aromatic heterocycles. The summed E-state index contributed by atoms with van der Waals surface area (Å²) in [7, 11) is 0. The third-order valence-corrected chi connectivity index (χ3v) is 3.05. The zero-order valence-corrected chi connectivity index (χ0v) is 11.7. The highest BCUT2D eigenvalue weighted by molar-refractivity contribution is 6.35. The van der Waals surface area contributed by atoms with Gasteiger partial charge in [-0.25, -0.2) is 8.78 Å². The van der Waals surface area contributed by atoms with E-state index in [0.717, 1.165) is 12.1 Å². The standard InChI is InChI=1S/C15H9Cl2F2O/c1-2-5-20-10-7-13(18)15(14(19)8-10)11-6-9(16)3-4-12(11)17/h2,4,6-8H,1,5H2. The molecule has 1 nitrogen and oxygen atoms in total. The summed E-state index contributed by atoms with van der Waals surface area (Å²) >= 11 is 11.7. The molecule has 0 fully saturated rings. The van der Waals surface area contributed by atoms with E-state index in [1.807, 2.05) is 0 Å². The van der Waals surface area contributed by atoms with Crippen molar-refractivity contribution in [2.75, 3.05) is 6.61 Å². The van der Waals surface area contributed by atoms with Gasteiger partial charge < -0.3 is 4.74 Å². The molecule has 0 spiro atoms. The summed E-state index contributed by atoms with van der Waals surface area (Å²) in [5.74, 6) is -1.49. The molecule has 0 aliphatic carbocycles. The van der Waals surface area contributed by atoms with Gasteiger partial charge in [0.05, 0.1) is 5.56 Å². The van der Waals surface area contributed by atoms with Crippen LogP contribution >= 0.6 is 23.2 Å².